The Balaban J connectivity index is 0. The number of hydrogen-bond donors (Lipinski definition) is 4. The predicted octanol–water partition coefficient (Wildman–Crippen LogP) is 2.37. The first kappa shape index (κ1) is 22.4. The van der Waals surface area contributed by atoms with E-state index in [0.717, 1.165) is 25.7 Å². The van der Waals surface area contributed by atoms with Crippen molar-refractivity contribution < 1.29 is 15.3 Å². The van der Waals surface area contributed by atoms with E-state index in [1.54, 1.807) is 0 Å². The third-order valence-electron chi connectivity index (χ3n) is 3.71. The van der Waals surface area contributed by atoms with Crippen LogP contribution in [0.5, 0.6) is 0 Å². The summed E-state index contributed by atoms with van der Waals surface area (Å²) in [6.45, 7) is 0.0407. The molecule has 0 fully saturated rings. The Hall–Kier alpha value is 0.130. The molecule has 124 valence electrons. The Kier molecular flexibility index (Phi) is 17.4. The second-order valence-corrected chi connectivity index (χ2v) is 5.69. The van der Waals surface area contributed by atoms with Crippen LogP contribution in [0.15, 0.2) is 0 Å². The summed E-state index contributed by atoms with van der Waals surface area (Å²) < 4.78 is 0. The van der Waals surface area contributed by atoms with Gasteiger partial charge in [-0.05, 0) is 12.8 Å². The lowest BCUT2D eigenvalue weighted by atomic mass is 9.94. The Morgan fingerprint density at radius 3 is 1.30 bits per heavy atom. The second-order valence-electron chi connectivity index (χ2n) is 5.69. The summed E-state index contributed by atoms with van der Waals surface area (Å²) in [7, 11) is 0. The van der Waals surface area contributed by atoms with Crippen LogP contribution in [-0.2, 0) is 0 Å². The number of unbranched alkanes of at least 4 members (excludes halogenated alkanes) is 9. The van der Waals surface area contributed by atoms with Gasteiger partial charge in [0.2, 0.25) is 0 Å². The van der Waals surface area contributed by atoms with Crippen molar-refractivity contribution in [1.29, 1.82) is 0 Å². The van der Waals surface area contributed by atoms with E-state index >= 15 is 0 Å². The minimum absolute atomic E-state index is 0. The first-order valence-corrected chi connectivity index (χ1v) is 7.80. The van der Waals surface area contributed by atoms with E-state index < -0.39 is 5.54 Å². The molecule has 0 aromatic heterocycles. The lowest BCUT2D eigenvalue weighted by Gasteiger charge is -2.24. The van der Waals surface area contributed by atoms with Gasteiger partial charge in [0.15, 0.2) is 0 Å². The van der Waals surface area contributed by atoms with Gasteiger partial charge in [-0.15, -0.1) is 12.4 Å². The molecule has 0 saturated heterocycles. The van der Waals surface area contributed by atoms with E-state index in [1.165, 1.54) is 38.5 Å². The zero-order valence-corrected chi connectivity index (χ0v) is 13.5. The van der Waals surface area contributed by atoms with Crippen molar-refractivity contribution in [2.24, 2.45) is 5.73 Å². The summed E-state index contributed by atoms with van der Waals surface area (Å²) >= 11 is 0. The molecule has 0 aliphatic rings. The highest BCUT2D eigenvalue weighted by Crippen LogP contribution is 2.14. The second kappa shape index (κ2) is 15.5. The minimum Gasteiger partial charge on any atom is -0.396 e. The highest BCUT2D eigenvalue weighted by molar-refractivity contribution is 5.85. The van der Waals surface area contributed by atoms with Crippen LogP contribution in [0.1, 0.15) is 70.6 Å². The molecular weight excluding hydrogens is 278 g/mol. The maximum absolute atomic E-state index is 9.05. The maximum Gasteiger partial charge on any atom is 0.0633 e. The molecule has 4 nitrogen and oxygen atoms in total. The van der Waals surface area contributed by atoms with Crippen LogP contribution in [-0.4, -0.2) is 40.7 Å². The van der Waals surface area contributed by atoms with Crippen LogP contribution in [0, 0.1) is 0 Å². The molecule has 5 heteroatoms. The van der Waals surface area contributed by atoms with Crippen molar-refractivity contribution in [3.8, 4) is 0 Å². The summed E-state index contributed by atoms with van der Waals surface area (Å²) in [4.78, 5) is 0. The number of rotatable bonds is 14. The van der Waals surface area contributed by atoms with Gasteiger partial charge in [-0.25, -0.2) is 0 Å². The van der Waals surface area contributed by atoms with E-state index in [1.807, 2.05) is 0 Å². The highest BCUT2D eigenvalue weighted by Gasteiger charge is 2.21. The monoisotopic (exact) mass is 311 g/mol. The van der Waals surface area contributed by atoms with Crippen LogP contribution in [0.25, 0.3) is 0 Å². The Labute approximate surface area is 130 Å². The highest BCUT2D eigenvalue weighted by atomic mass is 35.5. The Morgan fingerprint density at radius 2 is 0.950 bits per heavy atom. The maximum atomic E-state index is 9.05. The average molecular weight is 312 g/mol. The molecule has 0 bridgehead atoms. The predicted molar refractivity (Wildman–Crippen MR) is 86.2 cm³/mol. The molecule has 20 heavy (non-hydrogen) atoms. The van der Waals surface area contributed by atoms with Gasteiger partial charge in [-0.1, -0.05) is 57.8 Å². The molecule has 0 aliphatic carbocycles. The van der Waals surface area contributed by atoms with E-state index in [9.17, 15) is 0 Å². The number of aliphatic hydroxyl groups excluding tert-OH is 3. The van der Waals surface area contributed by atoms with Gasteiger partial charge in [0, 0.05) is 6.61 Å². The third kappa shape index (κ3) is 13.1. The summed E-state index contributed by atoms with van der Waals surface area (Å²) in [5, 5.41) is 26.7. The van der Waals surface area contributed by atoms with E-state index in [2.05, 4.69) is 0 Å². The fraction of sp³-hybridized carbons (Fsp3) is 1.00. The largest absolute Gasteiger partial charge is 0.396 e. The van der Waals surface area contributed by atoms with E-state index in [0.29, 0.717) is 13.0 Å². The lowest BCUT2D eigenvalue weighted by molar-refractivity contribution is 0.112. The van der Waals surface area contributed by atoms with Crippen LogP contribution in [0.3, 0.4) is 0 Å². The molecule has 0 aliphatic heterocycles. The van der Waals surface area contributed by atoms with Crippen molar-refractivity contribution in [1.82, 2.24) is 0 Å². The quantitative estimate of drug-likeness (QED) is 0.371. The topological polar surface area (TPSA) is 86.7 Å². The molecule has 0 unspecified atom stereocenters. The molecule has 0 heterocycles. The zero-order chi connectivity index (χ0) is 14.4. The summed E-state index contributed by atoms with van der Waals surface area (Å²) in [5.74, 6) is 0. The fourth-order valence-electron chi connectivity index (χ4n) is 2.21. The number of nitrogens with two attached hydrogens (primary N) is 1. The lowest BCUT2D eigenvalue weighted by Crippen LogP contribution is -2.47. The number of hydrogen-bond acceptors (Lipinski definition) is 4. The molecule has 0 saturated carbocycles. The molecular formula is C15H34ClNO3. The molecule has 0 aromatic carbocycles. The summed E-state index contributed by atoms with van der Waals surface area (Å²) in [6, 6.07) is 0. The SMILES string of the molecule is Cl.NC(CO)(CO)CCCCCCCCCCCCO. The van der Waals surface area contributed by atoms with Crippen molar-refractivity contribution >= 4 is 12.4 Å². The molecule has 0 atom stereocenters. The van der Waals surface area contributed by atoms with Crippen molar-refractivity contribution in [3.63, 3.8) is 0 Å². The number of aliphatic hydroxyl groups is 3. The van der Waals surface area contributed by atoms with Crippen molar-refractivity contribution in [2.75, 3.05) is 19.8 Å². The number of halogens is 1. The molecule has 5 N–H and O–H groups in total. The van der Waals surface area contributed by atoms with E-state index in [4.69, 9.17) is 21.1 Å². The molecule has 0 radical (unpaired) electrons. The molecule has 0 spiro atoms. The zero-order valence-electron chi connectivity index (χ0n) is 12.7. The van der Waals surface area contributed by atoms with Gasteiger partial charge in [0.1, 0.15) is 0 Å². The van der Waals surface area contributed by atoms with E-state index in [-0.39, 0.29) is 25.6 Å². The van der Waals surface area contributed by atoms with Crippen LogP contribution >= 0.6 is 12.4 Å². The minimum atomic E-state index is -0.785. The normalized spacial score (nSPS) is 11.4. The van der Waals surface area contributed by atoms with Gasteiger partial charge in [-0.2, -0.15) is 0 Å². The molecule has 0 amide bonds. The summed E-state index contributed by atoms with van der Waals surface area (Å²) in [5.41, 5.74) is 5.01. The van der Waals surface area contributed by atoms with Crippen LogP contribution in [0.2, 0.25) is 0 Å². The molecule has 0 aromatic rings. The summed E-state index contributed by atoms with van der Waals surface area (Å²) in [6.07, 6.45) is 12.5. The standard InChI is InChI=1S/C15H33NO3.ClH/c16-15(13-18,14-19)11-9-7-5-3-1-2-4-6-8-10-12-17;/h17-19H,1-14,16H2;1H. The van der Waals surface area contributed by atoms with Gasteiger partial charge in [-0.3, -0.25) is 0 Å². The molecule has 0 rings (SSSR count). The first-order chi connectivity index (χ1) is 9.18. The van der Waals surface area contributed by atoms with Crippen LogP contribution < -0.4 is 5.73 Å². The van der Waals surface area contributed by atoms with Gasteiger partial charge < -0.3 is 21.1 Å². The van der Waals surface area contributed by atoms with Crippen molar-refractivity contribution in [3.05, 3.63) is 0 Å². The fourth-order valence-corrected chi connectivity index (χ4v) is 2.21. The Bertz CT molecular complexity index is 190. The smallest absolute Gasteiger partial charge is 0.0633 e. The Morgan fingerprint density at radius 1 is 0.600 bits per heavy atom. The van der Waals surface area contributed by atoms with Gasteiger partial charge in [0.25, 0.3) is 0 Å². The van der Waals surface area contributed by atoms with Gasteiger partial charge in [0.05, 0.1) is 18.8 Å². The third-order valence-corrected chi connectivity index (χ3v) is 3.71. The van der Waals surface area contributed by atoms with Crippen molar-refractivity contribution in [2.45, 2.75) is 76.2 Å². The first-order valence-electron chi connectivity index (χ1n) is 7.80. The average Bonchev–Trinajstić information content (AvgIpc) is 2.44. The van der Waals surface area contributed by atoms with Gasteiger partial charge >= 0.3 is 0 Å². The van der Waals surface area contributed by atoms with Crippen LogP contribution in [0.4, 0.5) is 0 Å².